The lowest BCUT2D eigenvalue weighted by atomic mass is 10.1. The van der Waals surface area contributed by atoms with E-state index in [9.17, 15) is 4.79 Å². The smallest absolute Gasteiger partial charge is 0.253 e. The van der Waals surface area contributed by atoms with Gasteiger partial charge in [0.25, 0.3) is 5.91 Å². The summed E-state index contributed by atoms with van der Waals surface area (Å²) in [6.07, 6.45) is 1.04. The Morgan fingerprint density at radius 1 is 1.23 bits per heavy atom. The highest BCUT2D eigenvalue weighted by atomic mass is 16.5. The summed E-state index contributed by atoms with van der Waals surface area (Å²) in [4.78, 5) is 14.2. The minimum absolute atomic E-state index is 0.0501. The lowest BCUT2D eigenvalue weighted by Gasteiger charge is -2.20. The fourth-order valence-electron chi connectivity index (χ4n) is 2.78. The summed E-state index contributed by atoms with van der Waals surface area (Å²) in [6, 6.07) is 11.5. The lowest BCUT2D eigenvalue weighted by Crippen LogP contribution is -2.32. The summed E-state index contributed by atoms with van der Waals surface area (Å²) in [5.41, 5.74) is 1.69. The normalized spacial score (nSPS) is 17.6. The second-order valence-corrected chi connectivity index (χ2v) is 5.90. The second kappa shape index (κ2) is 6.36. The van der Waals surface area contributed by atoms with E-state index in [1.165, 1.54) is 0 Å². The first-order valence-electron chi connectivity index (χ1n) is 7.63. The highest BCUT2D eigenvalue weighted by molar-refractivity contribution is 5.94. The average molecular weight is 299 g/mol. The molecule has 0 N–H and O–H groups in total. The number of furan rings is 1. The molecule has 0 aliphatic carbocycles. The van der Waals surface area contributed by atoms with Crippen LogP contribution in [0.25, 0.3) is 11.3 Å². The van der Waals surface area contributed by atoms with Gasteiger partial charge in [-0.25, -0.2) is 0 Å². The first kappa shape index (κ1) is 14.9. The van der Waals surface area contributed by atoms with Gasteiger partial charge in [-0.1, -0.05) is 12.1 Å². The van der Waals surface area contributed by atoms with Crippen LogP contribution in [0.4, 0.5) is 0 Å². The Morgan fingerprint density at radius 3 is 2.59 bits per heavy atom. The van der Waals surface area contributed by atoms with Gasteiger partial charge in [0.05, 0.1) is 6.61 Å². The first-order chi connectivity index (χ1) is 10.6. The van der Waals surface area contributed by atoms with Crippen LogP contribution in [0.15, 0.2) is 40.8 Å². The number of benzene rings is 1. The predicted octanol–water partition coefficient (Wildman–Crippen LogP) is 3.36. The van der Waals surface area contributed by atoms with E-state index < -0.39 is 0 Å². The van der Waals surface area contributed by atoms with Gasteiger partial charge in [-0.3, -0.25) is 4.79 Å². The fourth-order valence-corrected chi connectivity index (χ4v) is 2.78. The summed E-state index contributed by atoms with van der Waals surface area (Å²) < 4.78 is 11.0. The van der Waals surface area contributed by atoms with Crippen LogP contribution in [0, 0.1) is 12.8 Å². The summed E-state index contributed by atoms with van der Waals surface area (Å²) in [5.74, 6) is 2.22. The van der Waals surface area contributed by atoms with Crippen molar-refractivity contribution in [1.82, 2.24) is 4.90 Å². The van der Waals surface area contributed by atoms with Gasteiger partial charge in [0.15, 0.2) is 0 Å². The molecule has 1 fully saturated rings. The molecule has 4 heteroatoms. The van der Waals surface area contributed by atoms with Crippen molar-refractivity contribution in [1.29, 1.82) is 0 Å². The van der Waals surface area contributed by atoms with Gasteiger partial charge in [0.2, 0.25) is 0 Å². The topological polar surface area (TPSA) is 42.7 Å². The van der Waals surface area contributed by atoms with Crippen LogP contribution in [-0.2, 0) is 4.74 Å². The van der Waals surface area contributed by atoms with Gasteiger partial charge in [0.1, 0.15) is 11.5 Å². The summed E-state index contributed by atoms with van der Waals surface area (Å²) in [7, 11) is 1.85. The number of hydrogen-bond acceptors (Lipinski definition) is 3. The van der Waals surface area contributed by atoms with Crippen LogP contribution in [-0.4, -0.2) is 37.6 Å². The van der Waals surface area contributed by atoms with E-state index in [0.717, 1.165) is 43.3 Å². The lowest BCUT2D eigenvalue weighted by molar-refractivity contribution is 0.0766. The largest absolute Gasteiger partial charge is 0.461 e. The molecule has 0 saturated carbocycles. The minimum atomic E-state index is 0.0501. The quantitative estimate of drug-likeness (QED) is 0.869. The second-order valence-electron chi connectivity index (χ2n) is 5.90. The van der Waals surface area contributed by atoms with Crippen molar-refractivity contribution < 1.29 is 13.9 Å². The van der Waals surface area contributed by atoms with Crippen molar-refractivity contribution in [3.05, 3.63) is 47.7 Å². The molecule has 1 amide bonds. The Balaban J connectivity index is 1.67. The van der Waals surface area contributed by atoms with E-state index in [2.05, 4.69) is 0 Å². The third-order valence-corrected chi connectivity index (χ3v) is 4.06. The Morgan fingerprint density at radius 2 is 2.00 bits per heavy atom. The number of hydrogen-bond donors (Lipinski definition) is 0. The molecule has 116 valence electrons. The van der Waals surface area contributed by atoms with E-state index in [0.29, 0.717) is 11.5 Å². The van der Waals surface area contributed by atoms with E-state index >= 15 is 0 Å². The molecular weight excluding hydrogens is 278 g/mol. The highest BCUT2D eigenvalue weighted by Crippen LogP contribution is 2.22. The van der Waals surface area contributed by atoms with Gasteiger partial charge >= 0.3 is 0 Å². The zero-order valence-corrected chi connectivity index (χ0v) is 13.0. The molecule has 0 spiro atoms. The molecular formula is C18H21NO3. The molecule has 1 aromatic carbocycles. The number of carbonyl (C=O) groups excluding carboxylic acids is 1. The maximum atomic E-state index is 12.4. The Kier molecular flexibility index (Phi) is 4.29. The molecule has 0 bridgehead atoms. The summed E-state index contributed by atoms with van der Waals surface area (Å²) in [6.45, 7) is 4.24. The van der Waals surface area contributed by atoms with E-state index in [1.807, 2.05) is 50.4 Å². The van der Waals surface area contributed by atoms with Crippen molar-refractivity contribution in [3.63, 3.8) is 0 Å². The van der Waals surface area contributed by atoms with Crippen LogP contribution in [0.5, 0.6) is 0 Å². The molecule has 2 heterocycles. The van der Waals surface area contributed by atoms with Crippen molar-refractivity contribution >= 4 is 5.91 Å². The third kappa shape index (κ3) is 3.22. The summed E-state index contributed by atoms with van der Waals surface area (Å²) in [5, 5.41) is 0. The minimum Gasteiger partial charge on any atom is -0.461 e. The number of ether oxygens (including phenoxy) is 1. The van der Waals surface area contributed by atoms with Crippen LogP contribution in [0.2, 0.25) is 0 Å². The van der Waals surface area contributed by atoms with Gasteiger partial charge in [-0.05, 0) is 37.6 Å². The predicted molar refractivity (Wildman–Crippen MR) is 84.8 cm³/mol. The molecule has 0 radical (unpaired) electrons. The zero-order chi connectivity index (χ0) is 15.5. The number of carbonyl (C=O) groups is 1. The Labute approximate surface area is 130 Å². The van der Waals surface area contributed by atoms with Crippen molar-refractivity contribution in [2.45, 2.75) is 13.3 Å². The van der Waals surface area contributed by atoms with Gasteiger partial charge in [-0.2, -0.15) is 0 Å². The fraction of sp³-hybridized carbons (Fsp3) is 0.389. The van der Waals surface area contributed by atoms with Crippen LogP contribution in [0.1, 0.15) is 22.5 Å². The average Bonchev–Trinajstić information content (AvgIpc) is 3.18. The third-order valence-electron chi connectivity index (χ3n) is 4.06. The van der Waals surface area contributed by atoms with Crippen LogP contribution >= 0.6 is 0 Å². The zero-order valence-electron chi connectivity index (χ0n) is 13.0. The number of aryl methyl sites for hydroxylation is 1. The monoisotopic (exact) mass is 299 g/mol. The van der Waals surface area contributed by atoms with Crippen molar-refractivity contribution in [2.24, 2.45) is 5.92 Å². The number of amides is 1. The highest BCUT2D eigenvalue weighted by Gasteiger charge is 2.20. The molecule has 2 aromatic rings. The van der Waals surface area contributed by atoms with Gasteiger partial charge < -0.3 is 14.1 Å². The van der Waals surface area contributed by atoms with E-state index in [1.54, 1.807) is 4.90 Å². The molecule has 22 heavy (non-hydrogen) atoms. The molecule has 1 atom stereocenters. The Bertz CT molecular complexity index is 639. The number of rotatable bonds is 4. The van der Waals surface area contributed by atoms with Gasteiger partial charge in [0, 0.05) is 37.2 Å². The molecule has 3 rings (SSSR count). The molecule has 1 saturated heterocycles. The van der Waals surface area contributed by atoms with Crippen molar-refractivity contribution in [3.8, 4) is 11.3 Å². The van der Waals surface area contributed by atoms with Crippen molar-refractivity contribution in [2.75, 3.05) is 26.8 Å². The van der Waals surface area contributed by atoms with E-state index in [4.69, 9.17) is 9.15 Å². The maximum absolute atomic E-state index is 12.4. The molecule has 1 aliphatic rings. The Hall–Kier alpha value is -2.07. The van der Waals surface area contributed by atoms with Gasteiger partial charge in [-0.15, -0.1) is 0 Å². The standard InChI is InChI=1S/C18H21NO3/c1-13-3-8-17(22-13)15-4-6-16(7-5-15)18(20)19(2)11-14-9-10-21-12-14/h3-8,14H,9-12H2,1-2H3/t14-/m0/s1. The molecule has 1 aromatic heterocycles. The maximum Gasteiger partial charge on any atom is 0.253 e. The SMILES string of the molecule is Cc1ccc(-c2ccc(C(=O)N(C)C[C@@H]3CCOC3)cc2)o1. The van der Waals surface area contributed by atoms with Crippen LogP contribution < -0.4 is 0 Å². The summed E-state index contributed by atoms with van der Waals surface area (Å²) >= 11 is 0. The molecule has 1 aliphatic heterocycles. The first-order valence-corrected chi connectivity index (χ1v) is 7.63. The van der Waals surface area contributed by atoms with E-state index in [-0.39, 0.29) is 5.91 Å². The molecule has 0 unspecified atom stereocenters. The van der Waals surface area contributed by atoms with Crippen LogP contribution in [0.3, 0.4) is 0 Å². The molecule has 4 nitrogen and oxygen atoms in total. The number of nitrogens with zero attached hydrogens (tertiary/aromatic N) is 1.